The van der Waals surface area contributed by atoms with E-state index in [4.69, 9.17) is 149 Å². The predicted molar refractivity (Wildman–Crippen MR) is 433 cm³/mol. The summed E-state index contributed by atoms with van der Waals surface area (Å²) in [6, 6.07) is 30.7. The molecule has 26 heteroatoms. The standard InChI is InChI=1S/C77H80Cl12N8O6/c1-13-74(5,6)41-26-32-51(45(36-41)76(9,10)15-3)102-34-20-24-53(98)90-43-28-30-47(78)49(38-43)92-70-56(72(100)96(94-70)68-64(86)60(82)58(80)61(83)65(68)87)55(40-22-18-17-19-23-40)57-71(95-97(73(57)101)69-66(88)62(84)59(81)63(85)67(69)89)93-50-39-44(29-31-48(50)79)91-54(99)25-21-35-103-52-33-27-42(75(7,8)14-2)37-46(52)77(11,12)16-4/h17-19,22-23,26-33,36-39,55,92-95H,13-16,20-21,24-25,34-35H2,1-12H3,(H,90,98)(H,91,99). The van der Waals surface area contributed by atoms with Gasteiger partial charge in [0, 0.05) is 35.3 Å². The molecule has 0 fully saturated rings. The third-order valence-corrected chi connectivity index (χ3v) is 24.7. The Bertz CT molecular complexity index is 4470. The van der Waals surface area contributed by atoms with Crippen LogP contribution in [0.5, 0.6) is 11.5 Å². The number of nitrogens with zero attached hydrogens (tertiary/aromatic N) is 2. The van der Waals surface area contributed by atoms with Crippen molar-refractivity contribution in [1.29, 1.82) is 0 Å². The molecule has 103 heavy (non-hydrogen) atoms. The molecule has 2 aromatic heterocycles. The van der Waals surface area contributed by atoms with Crippen molar-refractivity contribution >= 4 is 185 Å². The molecule has 0 saturated heterocycles. The number of halogens is 12. The molecule has 0 unspecified atom stereocenters. The molecule has 2 heterocycles. The minimum atomic E-state index is -1.48. The van der Waals surface area contributed by atoms with E-state index in [1.54, 1.807) is 66.7 Å². The highest BCUT2D eigenvalue weighted by Crippen LogP contribution is 2.50. The summed E-state index contributed by atoms with van der Waals surface area (Å²) in [6.45, 7) is 26.9. The van der Waals surface area contributed by atoms with Crippen molar-refractivity contribution in [1.82, 2.24) is 19.6 Å². The number of aromatic amines is 2. The van der Waals surface area contributed by atoms with E-state index in [0.29, 0.717) is 29.8 Å². The van der Waals surface area contributed by atoms with Crippen LogP contribution in [0.1, 0.15) is 179 Å². The molecule has 0 spiro atoms. The smallest absolute Gasteiger partial charge is 0.277 e. The monoisotopic (exact) mass is 1630 g/mol. The Balaban J connectivity index is 1.10. The van der Waals surface area contributed by atoms with Crippen LogP contribution in [-0.2, 0) is 31.2 Å². The minimum absolute atomic E-state index is 0.0254. The zero-order valence-electron chi connectivity index (χ0n) is 58.8. The second-order valence-electron chi connectivity index (χ2n) is 27.8. The number of H-pyrrole nitrogens is 2. The second kappa shape index (κ2) is 33.5. The number of hydrogen-bond donors (Lipinski definition) is 6. The van der Waals surface area contributed by atoms with E-state index in [1.807, 2.05) is 12.1 Å². The lowest BCUT2D eigenvalue weighted by atomic mass is 9.76. The molecule has 0 atom stereocenters. The Morgan fingerprint density at radius 1 is 0.437 bits per heavy atom. The van der Waals surface area contributed by atoms with Gasteiger partial charge in [-0.15, -0.1) is 0 Å². The lowest BCUT2D eigenvalue weighted by Crippen LogP contribution is -2.26. The van der Waals surface area contributed by atoms with E-state index in [-0.39, 0.29) is 165 Å². The number of benzene rings is 7. The van der Waals surface area contributed by atoms with E-state index in [0.717, 1.165) is 57.7 Å². The molecule has 0 bridgehead atoms. The quantitative estimate of drug-likeness (QED) is 0.0152. The summed E-state index contributed by atoms with van der Waals surface area (Å²) in [6.07, 6.45) is 4.67. The first-order valence-corrected chi connectivity index (χ1v) is 38.1. The number of aromatic nitrogens is 4. The number of ether oxygens (including phenoxy) is 2. The van der Waals surface area contributed by atoms with E-state index in [1.165, 1.54) is 11.1 Å². The van der Waals surface area contributed by atoms with Gasteiger partial charge in [-0.25, -0.2) is 9.36 Å². The summed E-state index contributed by atoms with van der Waals surface area (Å²) in [5.74, 6) is -0.789. The fourth-order valence-electron chi connectivity index (χ4n) is 11.6. The highest BCUT2D eigenvalue weighted by molar-refractivity contribution is 6.57. The average Bonchev–Trinajstić information content (AvgIpc) is 1.58. The molecule has 14 nitrogen and oxygen atoms in total. The van der Waals surface area contributed by atoms with Gasteiger partial charge in [0.05, 0.1) is 102 Å². The molecule has 0 aliphatic rings. The molecule has 6 N–H and O–H groups in total. The number of anilines is 6. The van der Waals surface area contributed by atoms with E-state index in [2.05, 4.69) is 139 Å². The fraction of sp³-hybridized carbons (Fsp3) is 0.351. The number of carbonyl (C=O) groups is 2. The largest absolute Gasteiger partial charge is 0.493 e. The van der Waals surface area contributed by atoms with Crippen LogP contribution in [0.4, 0.5) is 34.4 Å². The van der Waals surface area contributed by atoms with Crippen LogP contribution >= 0.6 is 139 Å². The normalized spacial score (nSPS) is 12.1. The first-order valence-electron chi connectivity index (χ1n) is 33.6. The maximum Gasteiger partial charge on any atom is 0.277 e. The molecule has 9 rings (SSSR count). The number of amides is 2. The van der Waals surface area contributed by atoms with Gasteiger partial charge in [0.15, 0.2) is 0 Å². The highest BCUT2D eigenvalue weighted by atomic mass is 35.5. The van der Waals surface area contributed by atoms with Gasteiger partial charge < -0.3 is 30.7 Å². The van der Waals surface area contributed by atoms with Gasteiger partial charge in [0.1, 0.15) is 34.5 Å². The maximum absolute atomic E-state index is 16.1. The fourth-order valence-corrected chi connectivity index (χ4v) is 14.5. The molecule has 7 aromatic carbocycles. The Morgan fingerprint density at radius 3 is 1.12 bits per heavy atom. The van der Waals surface area contributed by atoms with Crippen molar-refractivity contribution < 1.29 is 19.1 Å². The third-order valence-electron chi connectivity index (χ3n) is 19.5. The van der Waals surface area contributed by atoms with Crippen molar-refractivity contribution in [3.05, 3.63) is 223 Å². The van der Waals surface area contributed by atoms with Gasteiger partial charge >= 0.3 is 0 Å². The van der Waals surface area contributed by atoms with Crippen LogP contribution in [0.3, 0.4) is 0 Å². The molecule has 9 aromatic rings. The number of hydrogen-bond acceptors (Lipinski definition) is 8. The highest BCUT2D eigenvalue weighted by Gasteiger charge is 2.37. The summed E-state index contributed by atoms with van der Waals surface area (Å²) in [5.41, 5.74) is 3.01. The first-order chi connectivity index (χ1) is 48.5. The molecule has 0 aliphatic heterocycles. The Kier molecular flexibility index (Phi) is 26.5. The summed E-state index contributed by atoms with van der Waals surface area (Å²) in [5, 5.41) is 16.5. The van der Waals surface area contributed by atoms with Crippen LogP contribution in [0.15, 0.2) is 113 Å². The summed E-state index contributed by atoms with van der Waals surface area (Å²) >= 11 is 82.0. The second-order valence-corrected chi connectivity index (χ2v) is 32.4. The lowest BCUT2D eigenvalue weighted by Gasteiger charge is -2.30. The average molecular weight is 1640 g/mol. The molecule has 0 radical (unpaired) electrons. The maximum atomic E-state index is 16.1. The van der Waals surface area contributed by atoms with E-state index < -0.39 is 17.0 Å². The van der Waals surface area contributed by atoms with Gasteiger partial charge in [-0.3, -0.25) is 29.4 Å². The molecular formula is C77H80Cl12N8O6. The minimum Gasteiger partial charge on any atom is -0.493 e. The van der Waals surface area contributed by atoms with Gasteiger partial charge in [0.2, 0.25) is 11.8 Å². The van der Waals surface area contributed by atoms with Crippen molar-refractivity contribution in [2.45, 2.75) is 162 Å². The number of carbonyl (C=O) groups excluding carboxylic acids is 2. The summed E-state index contributed by atoms with van der Waals surface area (Å²) in [4.78, 5) is 59.9. The van der Waals surface area contributed by atoms with Crippen LogP contribution in [-0.4, -0.2) is 44.6 Å². The molecular weight excluding hydrogens is 1560 g/mol. The molecule has 548 valence electrons. The Labute approximate surface area is 660 Å². The Morgan fingerprint density at radius 2 is 0.777 bits per heavy atom. The predicted octanol–water partition coefficient (Wildman–Crippen LogP) is 25.5. The van der Waals surface area contributed by atoms with Crippen molar-refractivity contribution in [2.75, 3.05) is 34.5 Å². The third kappa shape index (κ3) is 17.6. The van der Waals surface area contributed by atoms with Crippen LogP contribution in [0, 0.1) is 0 Å². The van der Waals surface area contributed by atoms with Crippen LogP contribution in [0.2, 0.25) is 60.3 Å². The zero-order chi connectivity index (χ0) is 75.5. The summed E-state index contributed by atoms with van der Waals surface area (Å²) in [7, 11) is 0. The SMILES string of the molecule is CCC(C)(C)c1ccc(OCCCC(=O)Nc2ccc(Cl)c(Nc3[nH]n(-c4c(Cl)c(Cl)c(Cl)c(Cl)c4Cl)c(=O)c3C(c3ccccc3)c3c(Nc4cc(NC(=O)CCCOc5ccc(C(C)(C)CC)cc5C(C)(C)CC)ccc4Cl)[nH]n(-c4c(Cl)c(Cl)c(Cl)c(Cl)c4Cl)c3=O)c2)c(C(C)(C)CC)c1. The molecule has 0 saturated carbocycles. The topological polar surface area (TPSA) is 176 Å². The molecule has 0 aliphatic carbocycles. The number of rotatable bonds is 29. The van der Waals surface area contributed by atoms with Crippen molar-refractivity contribution in [2.24, 2.45) is 0 Å². The van der Waals surface area contributed by atoms with Crippen molar-refractivity contribution in [3.63, 3.8) is 0 Å². The lowest BCUT2D eigenvalue weighted by molar-refractivity contribution is -0.117. The Hall–Kier alpha value is -5.82. The van der Waals surface area contributed by atoms with Gasteiger partial charge in [-0.2, -0.15) is 0 Å². The van der Waals surface area contributed by atoms with Gasteiger partial charge in [-0.05, 0) is 125 Å². The van der Waals surface area contributed by atoms with E-state index >= 15 is 9.59 Å². The number of nitrogens with one attached hydrogen (secondary N) is 6. The molecule has 2 amide bonds. The van der Waals surface area contributed by atoms with Crippen molar-refractivity contribution in [3.8, 4) is 22.9 Å². The van der Waals surface area contributed by atoms with E-state index in [9.17, 15) is 9.59 Å². The van der Waals surface area contributed by atoms with Crippen LogP contribution < -0.4 is 41.9 Å². The van der Waals surface area contributed by atoms with Gasteiger partial charge in [0.25, 0.3) is 11.1 Å². The first kappa shape index (κ1) is 81.3. The zero-order valence-corrected chi connectivity index (χ0v) is 67.9. The summed E-state index contributed by atoms with van der Waals surface area (Å²) < 4.78 is 14.8. The van der Waals surface area contributed by atoms with Gasteiger partial charge in [-0.1, -0.05) is 277 Å². The van der Waals surface area contributed by atoms with Crippen LogP contribution in [0.25, 0.3) is 11.4 Å².